The Morgan fingerprint density at radius 1 is 1.07 bits per heavy atom. The maximum atomic E-state index is 13.7. The zero-order valence-electron chi connectivity index (χ0n) is 23.7. The lowest BCUT2D eigenvalue weighted by Gasteiger charge is -2.38. The SMILES string of the molecule is C[C@@H]1CN([C@H](C)CO)C(=O)c2cc(NC(=O)Nc3ccc(F)cc3)ccc2O[C@H]1CN(C)Cc1ccc(C(=O)O)cc1. The highest BCUT2D eigenvalue weighted by molar-refractivity contribution is 6.02. The second-order valence-electron chi connectivity index (χ2n) is 10.6. The number of rotatable bonds is 9. The average Bonchev–Trinajstić information content (AvgIpc) is 2.96. The van der Waals surface area contributed by atoms with Gasteiger partial charge in [-0.1, -0.05) is 19.1 Å². The molecular formula is C31H35FN4O6. The molecule has 1 aliphatic rings. The largest absolute Gasteiger partial charge is 0.488 e. The number of anilines is 2. The van der Waals surface area contributed by atoms with E-state index in [2.05, 4.69) is 15.5 Å². The standard InChI is InChI=1S/C31H35FN4O6/c1-19-15-36(20(2)18-37)29(38)26-14-25(34-31(41)33-24-10-8-23(32)9-11-24)12-13-27(26)42-28(19)17-35(3)16-21-4-6-22(7-5-21)30(39)40/h4-14,19-20,28,37H,15-18H2,1-3H3,(H,39,40)(H2,33,34,41)/t19-,20-,28+/m1/s1. The van der Waals surface area contributed by atoms with Gasteiger partial charge < -0.3 is 30.5 Å². The molecule has 0 aliphatic carbocycles. The van der Waals surface area contributed by atoms with Crippen LogP contribution in [0.2, 0.25) is 0 Å². The van der Waals surface area contributed by atoms with Gasteiger partial charge in [-0.05, 0) is 74.1 Å². The van der Waals surface area contributed by atoms with Gasteiger partial charge in [0.1, 0.15) is 17.7 Å². The van der Waals surface area contributed by atoms with Gasteiger partial charge in [-0.2, -0.15) is 0 Å². The molecule has 3 amide bonds. The Morgan fingerprint density at radius 2 is 1.71 bits per heavy atom. The molecule has 42 heavy (non-hydrogen) atoms. The van der Waals surface area contributed by atoms with E-state index < -0.39 is 23.9 Å². The van der Waals surface area contributed by atoms with Crippen LogP contribution < -0.4 is 15.4 Å². The lowest BCUT2D eigenvalue weighted by Crippen LogP contribution is -2.49. The minimum absolute atomic E-state index is 0.0905. The van der Waals surface area contributed by atoms with Crippen molar-refractivity contribution in [3.8, 4) is 5.75 Å². The number of nitrogens with one attached hydrogen (secondary N) is 2. The number of halogens is 1. The van der Waals surface area contributed by atoms with Crippen molar-refractivity contribution < 1.29 is 33.7 Å². The molecule has 3 aromatic carbocycles. The van der Waals surface area contributed by atoms with Gasteiger partial charge in [0.05, 0.1) is 23.8 Å². The van der Waals surface area contributed by atoms with Crippen LogP contribution in [0.3, 0.4) is 0 Å². The summed E-state index contributed by atoms with van der Waals surface area (Å²) in [5, 5.41) is 24.4. The number of hydrogen-bond donors (Lipinski definition) is 4. The maximum Gasteiger partial charge on any atom is 0.335 e. The quantitative estimate of drug-likeness (QED) is 0.294. The summed E-state index contributed by atoms with van der Waals surface area (Å²) in [6.07, 6.45) is -0.325. The van der Waals surface area contributed by atoms with Gasteiger partial charge in [0.15, 0.2) is 0 Å². The van der Waals surface area contributed by atoms with E-state index in [9.17, 15) is 23.9 Å². The summed E-state index contributed by atoms with van der Waals surface area (Å²) in [6, 6.07) is 15.8. The number of fused-ring (bicyclic) bond motifs is 1. The third-order valence-electron chi connectivity index (χ3n) is 7.17. The molecule has 4 N–H and O–H groups in total. The fourth-order valence-electron chi connectivity index (χ4n) is 4.78. The molecule has 0 saturated carbocycles. The number of carboxylic acids is 1. The van der Waals surface area contributed by atoms with Crippen LogP contribution in [0.25, 0.3) is 0 Å². The first-order valence-corrected chi connectivity index (χ1v) is 13.6. The number of carboxylic acid groups (broad SMARTS) is 1. The molecule has 3 atom stereocenters. The van der Waals surface area contributed by atoms with E-state index in [-0.39, 0.29) is 35.7 Å². The van der Waals surface area contributed by atoms with Crippen molar-refractivity contribution in [2.45, 2.75) is 32.5 Å². The number of carbonyl (C=O) groups excluding carboxylic acids is 2. The topological polar surface area (TPSA) is 131 Å². The van der Waals surface area contributed by atoms with Crippen LogP contribution in [0.5, 0.6) is 5.75 Å². The second kappa shape index (κ2) is 13.5. The third kappa shape index (κ3) is 7.62. The van der Waals surface area contributed by atoms with Crippen LogP contribution >= 0.6 is 0 Å². The van der Waals surface area contributed by atoms with Crippen molar-refractivity contribution in [3.63, 3.8) is 0 Å². The highest BCUT2D eigenvalue weighted by atomic mass is 19.1. The van der Waals surface area contributed by atoms with E-state index in [4.69, 9.17) is 9.84 Å². The molecule has 0 fully saturated rings. The molecule has 11 heteroatoms. The number of urea groups is 1. The molecule has 0 spiro atoms. The van der Waals surface area contributed by atoms with E-state index in [1.807, 2.05) is 14.0 Å². The Balaban J connectivity index is 1.54. The van der Waals surface area contributed by atoms with Gasteiger partial charge in [-0.25, -0.2) is 14.0 Å². The van der Waals surface area contributed by atoms with Crippen LogP contribution in [0.4, 0.5) is 20.6 Å². The smallest absolute Gasteiger partial charge is 0.335 e. The number of aliphatic hydroxyl groups excluding tert-OH is 1. The summed E-state index contributed by atoms with van der Waals surface area (Å²) in [6.45, 7) is 4.95. The highest BCUT2D eigenvalue weighted by Crippen LogP contribution is 2.31. The number of hydrogen-bond acceptors (Lipinski definition) is 6. The van der Waals surface area contributed by atoms with Gasteiger partial charge in [-0.3, -0.25) is 9.69 Å². The summed E-state index contributed by atoms with van der Waals surface area (Å²) < 4.78 is 19.6. The first-order valence-electron chi connectivity index (χ1n) is 13.6. The number of aliphatic hydroxyl groups is 1. The molecule has 3 aromatic rings. The highest BCUT2D eigenvalue weighted by Gasteiger charge is 2.33. The molecule has 4 rings (SSSR count). The molecule has 0 saturated heterocycles. The maximum absolute atomic E-state index is 13.7. The van der Waals surface area contributed by atoms with E-state index in [1.165, 1.54) is 24.3 Å². The van der Waals surface area contributed by atoms with E-state index in [0.29, 0.717) is 36.8 Å². The lowest BCUT2D eigenvalue weighted by atomic mass is 9.99. The first-order chi connectivity index (χ1) is 20.0. The number of nitrogens with zero attached hydrogens (tertiary/aromatic N) is 2. The van der Waals surface area contributed by atoms with E-state index >= 15 is 0 Å². The molecular weight excluding hydrogens is 543 g/mol. The van der Waals surface area contributed by atoms with Gasteiger partial charge in [0.25, 0.3) is 5.91 Å². The van der Waals surface area contributed by atoms with Crippen LogP contribution in [0.15, 0.2) is 66.7 Å². The van der Waals surface area contributed by atoms with Crippen LogP contribution in [-0.4, -0.2) is 76.8 Å². The normalized spacial score (nSPS) is 17.5. The fraction of sp³-hybridized carbons (Fsp3) is 0.323. The van der Waals surface area contributed by atoms with Crippen LogP contribution in [-0.2, 0) is 6.54 Å². The lowest BCUT2D eigenvalue weighted by molar-refractivity contribution is 0.0341. The summed E-state index contributed by atoms with van der Waals surface area (Å²) >= 11 is 0. The summed E-state index contributed by atoms with van der Waals surface area (Å²) in [4.78, 5) is 41.1. The second-order valence-corrected chi connectivity index (χ2v) is 10.6. The van der Waals surface area contributed by atoms with Gasteiger partial charge >= 0.3 is 12.0 Å². The van der Waals surface area contributed by atoms with Gasteiger partial charge in [0.2, 0.25) is 0 Å². The molecule has 0 unspecified atom stereocenters. The van der Waals surface area contributed by atoms with Gasteiger partial charge in [0, 0.05) is 36.9 Å². The van der Waals surface area contributed by atoms with E-state index in [1.54, 1.807) is 54.3 Å². The number of amides is 3. The Kier molecular flexibility index (Phi) is 9.76. The Morgan fingerprint density at radius 3 is 2.36 bits per heavy atom. The Hall–Kier alpha value is -4.48. The van der Waals surface area contributed by atoms with Crippen molar-refractivity contribution in [3.05, 3.63) is 89.2 Å². The fourth-order valence-corrected chi connectivity index (χ4v) is 4.78. The number of benzene rings is 3. The summed E-state index contributed by atoms with van der Waals surface area (Å²) in [7, 11) is 1.94. The molecule has 0 bridgehead atoms. The van der Waals surface area contributed by atoms with Crippen molar-refractivity contribution in [1.29, 1.82) is 0 Å². The van der Waals surface area contributed by atoms with Crippen LogP contribution in [0.1, 0.15) is 40.1 Å². The average molecular weight is 579 g/mol. The summed E-state index contributed by atoms with van der Waals surface area (Å²) in [5.41, 5.74) is 2.18. The first kappa shape index (κ1) is 30.5. The minimum atomic E-state index is -0.978. The van der Waals surface area contributed by atoms with Crippen molar-refractivity contribution in [1.82, 2.24) is 9.80 Å². The van der Waals surface area contributed by atoms with Crippen LogP contribution in [0, 0.1) is 11.7 Å². The molecule has 222 valence electrons. The molecule has 1 heterocycles. The predicted molar refractivity (Wildman–Crippen MR) is 156 cm³/mol. The zero-order chi connectivity index (χ0) is 30.4. The third-order valence-corrected chi connectivity index (χ3v) is 7.17. The zero-order valence-corrected chi connectivity index (χ0v) is 23.7. The Bertz CT molecular complexity index is 1420. The van der Waals surface area contributed by atoms with Crippen molar-refractivity contribution in [2.24, 2.45) is 5.92 Å². The number of likely N-dealkylation sites (N-methyl/N-ethyl adjacent to an activating group) is 1. The molecule has 1 aliphatic heterocycles. The molecule has 0 aromatic heterocycles. The monoisotopic (exact) mass is 578 g/mol. The summed E-state index contributed by atoms with van der Waals surface area (Å²) in [5.74, 6) is -1.46. The molecule has 10 nitrogen and oxygen atoms in total. The van der Waals surface area contributed by atoms with Crippen molar-refractivity contribution >= 4 is 29.3 Å². The number of carbonyl (C=O) groups is 3. The molecule has 0 radical (unpaired) electrons. The minimum Gasteiger partial charge on any atom is -0.488 e. The number of aromatic carboxylic acids is 1. The Labute approximate surface area is 243 Å². The van der Waals surface area contributed by atoms with Crippen molar-refractivity contribution in [2.75, 3.05) is 37.4 Å². The number of ether oxygens (including phenoxy) is 1. The van der Waals surface area contributed by atoms with E-state index in [0.717, 1.165) is 5.56 Å². The van der Waals surface area contributed by atoms with Gasteiger partial charge in [-0.15, -0.1) is 0 Å². The predicted octanol–water partition coefficient (Wildman–Crippen LogP) is 4.52.